The third kappa shape index (κ3) is 12.0. The van der Waals surface area contributed by atoms with Gasteiger partial charge in [0, 0.05) is 6.42 Å². The van der Waals surface area contributed by atoms with Crippen LogP contribution in [0.5, 0.6) is 0 Å². The number of aliphatic hydroxyl groups excluding tert-OH is 3. The lowest BCUT2D eigenvalue weighted by atomic mass is 10.0. The number of carbonyl (C=O) groups is 2. The Morgan fingerprint density at radius 3 is 1.74 bits per heavy atom. The summed E-state index contributed by atoms with van der Waals surface area (Å²) in [6, 6.07) is 0. The third-order valence-corrected chi connectivity index (χ3v) is 5.69. The number of carbonyl (C=O) groups excluding carboxylic acids is 2. The summed E-state index contributed by atoms with van der Waals surface area (Å²) in [6.07, 6.45) is 16.2. The Bertz CT molecular complexity index is 544. The molecular weight excluding hydrogens is 400 g/mol. The molecule has 180 valence electrons. The molecule has 3 N–H and O–H groups in total. The summed E-state index contributed by atoms with van der Waals surface area (Å²) in [5.41, 5.74) is 0. The van der Waals surface area contributed by atoms with Crippen molar-refractivity contribution in [3.05, 3.63) is 11.5 Å². The molecule has 0 spiro atoms. The molecule has 7 nitrogen and oxygen atoms in total. The van der Waals surface area contributed by atoms with Crippen LogP contribution < -0.4 is 0 Å². The van der Waals surface area contributed by atoms with Gasteiger partial charge in [-0.2, -0.15) is 0 Å². The molecule has 31 heavy (non-hydrogen) atoms. The van der Waals surface area contributed by atoms with Crippen molar-refractivity contribution in [2.75, 3.05) is 6.61 Å². The molecule has 0 saturated heterocycles. The molecular formula is C24H42O7. The first-order valence-electron chi connectivity index (χ1n) is 12.1. The van der Waals surface area contributed by atoms with Crippen LogP contribution in [0, 0.1) is 0 Å². The summed E-state index contributed by atoms with van der Waals surface area (Å²) in [4.78, 5) is 22.8. The highest BCUT2D eigenvalue weighted by molar-refractivity contribution is 5.89. The van der Waals surface area contributed by atoms with E-state index in [1.54, 1.807) is 0 Å². The number of ether oxygens (including phenoxy) is 2. The van der Waals surface area contributed by atoms with E-state index in [-0.39, 0.29) is 6.42 Å². The van der Waals surface area contributed by atoms with Gasteiger partial charge >= 0.3 is 11.9 Å². The van der Waals surface area contributed by atoms with Crippen LogP contribution in [0.2, 0.25) is 0 Å². The molecule has 1 aliphatic rings. The highest BCUT2D eigenvalue weighted by Gasteiger charge is 2.39. The smallest absolute Gasteiger partial charge is 0.377 e. The van der Waals surface area contributed by atoms with Gasteiger partial charge in [-0.3, -0.25) is 4.79 Å². The third-order valence-electron chi connectivity index (χ3n) is 5.69. The maximum Gasteiger partial charge on any atom is 0.377 e. The van der Waals surface area contributed by atoms with Gasteiger partial charge in [0.15, 0.2) is 11.9 Å². The number of cyclic esters (lactones) is 1. The van der Waals surface area contributed by atoms with Crippen molar-refractivity contribution in [1.82, 2.24) is 0 Å². The molecule has 0 radical (unpaired) electrons. The van der Waals surface area contributed by atoms with E-state index in [4.69, 9.17) is 4.74 Å². The van der Waals surface area contributed by atoms with Crippen LogP contribution in [0.25, 0.3) is 0 Å². The molecule has 0 aromatic heterocycles. The van der Waals surface area contributed by atoms with E-state index in [1.165, 1.54) is 77.0 Å². The Hall–Kier alpha value is -1.76. The van der Waals surface area contributed by atoms with Crippen LogP contribution >= 0.6 is 0 Å². The van der Waals surface area contributed by atoms with Crippen LogP contribution in [0.15, 0.2) is 11.5 Å². The number of aliphatic hydroxyl groups is 3. The quantitative estimate of drug-likeness (QED) is 0.181. The zero-order valence-electron chi connectivity index (χ0n) is 19.2. The van der Waals surface area contributed by atoms with Crippen molar-refractivity contribution in [2.45, 2.75) is 122 Å². The fourth-order valence-corrected chi connectivity index (χ4v) is 3.71. The van der Waals surface area contributed by atoms with Crippen LogP contribution in [0.1, 0.15) is 110 Å². The summed E-state index contributed by atoms with van der Waals surface area (Å²) in [5.74, 6) is -3.21. The van der Waals surface area contributed by atoms with Crippen molar-refractivity contribution in [1.29, 1.82) is 0 Å². The normalized spacial score (nSPS) is 17.1. The van der Waals surface area contributed by atoms with Gasteiger partial charge in [-0.05, 0) is 6.42 Å². The molecule has 2 atom stereocenters. The van der Waals surface area contributed by atoms with Gasteiger partial charge in [-0.25, -0.2) is 4.79 Å². The topological polar surface area (TPSA) is 113 Å². The Morgan fingerprint density at radius 2 is 1.32 bits per heavy atom. The van der Waals surface area contributed by atoms with Gasteiger partial charge in [0.2, 0.25) is 5.76 Å². The summed E-state index contributed by atoms with van der Waals surface area (Å²) >= 11 is 0. The second kappa shape index (κ2) is 16.9. The monoisotopic (exact) mass is 442 g/mol. The minimum absolute atomic E-state index is 0.266. The van der Waals surface area contributed by atoms with Crippen LogP contribution in [-0.2, 0) is 19.1 Å². The van der Waals surface area contributed by atoms with Crippen molar-refractivity contribution in [2.24, 2.45) is 0 Å². The summed E-state index contributed by atoms with van der Waals surface area (Å²) in [6.45, 7) is 1.84. The van der Waals surface area contributed by atoms with E-state index >= 15 is 0 Å². The average Bonchev–Trinajstić information content (AvgIpc) is 3.02. The second-order valence-electron chi connectivity index (χ2n) is 8.51. The van der Waals surface area contributed by atoms with Crippen molar-refractivity contribution in [3.8, 4) is 0 Å². The molecule has 0 saturated carbocycles. The summed E-state index contributed by atoms with van der Waals surface area (Å²) in [5, 5.41) is 28.5. The van der Waals surface area contributed by atoms with Crippen LogP contribution in [-0.4, -0.2) is 46.1 Å². The minimum atomic E-state index is -1.42. The molecule has 1 aliphatic heterocycles. The fourth-order valence-electron chi connectivity index (χ4n) is 3.71. The molecule has 7 heteroatoms. The Labute approximate surface area is 186 Å². The van der Waals surface area contributed by atoms with E-state index in [9.17, 15) is 24.9 Å². The summed E-state index contributed by atoms with van der Waals surface area (Å²) in [7, 11) is 0. The molecule has 0 amide bonds. The standard InChI is InChI=1S/C24H42O7/c1-2-3-4-5-6-7-8-9-10-11-12-13-14-15-16-17-20(26)30-18-19(25)23-21(27)22(28)24(29)31-23/h19,23,25,27-28H,2-18H2,1H3/t19?,23-/m1/s1. The maximum absolute atomic E-state index is 11.7. The first-order chi connectivity index (χ1) is 15.0. The minimum Gasteiger partial charge on any atom is -0.505 e. The van der Waals surface area contributed by atoms with Crippen LogP contribution in [0.3, 0.4) is 0 Å². The largest absolute Gasteiger partial charge is 0.505 e. The number of unbranched alkanes of at least 4 members (excludes halogenated alkanes) is 14. The Balaban J connectivity index is 1.88. The van der Waals surface area contributed by atoms with Gasteiger partial charge in [-0.1, -0.05) is 96.8 Å². The Morgan fingerprint density at radius 1 is 0.871 bits per heavy atom. The van der Waals surface area contributed by atoms with Crippen LogP contribution in [0.4, 0.5) is 0 Å². The van der Waals surface area contributed by atoms with E-state index in [1.807, 2.05) is 0 Å². The highest BCUT2D eigenvalue weighted by atomic mass is 16.6. The Kier molecular flexibility index (Phi) is 14.8. The molecule has 1 heterocycles. The van der Waals surface area contributed by atoms with E-state index in [0.717, 1.165) is 19.3 Å². The molecule has 0 bridgehead atoms. The molecule has 1 rings (SSSR count). The number of esters is 2. The SMILES string of the molecule is CCCCCCCCCCCCCCCCCC(=O)OCC(O)[C@H]1OC(=O)C(O)=C1O. The maximum atomic E-state index is 11.7. The van der Waals surface area contributed by atoms with Gasteiger partial charge in [-0.15, -0.1) is 0 Å². The van der Waals surface area contributed by atoms with Crippen molar-refractivity contribution >= 4 is 11.9 Å². The van der Waals surface area contributed by atoms with Gasteiger partial charge < -0.3 is 24.8 Å². The van der Waals surface area contributed by atoms with E-state index < -0.39 is 42.3 Å². The predicted molar refractivity (Wildman–Crippen MR) is 119 cm³/mol. The second-order valence-corrected chi connectivity index (χ2v) is 8.51. The predicted octanol–water partition coefficient (Wildman–Crippen LogP) is 5.41. The van der Waals surface area contributed by atoms with Gasteiger partial charge in [0.1, 0.15) is 12.7 Å². The molecule has 1 unspecified atom stereocenters. The van der Waals surface area contributed by atoms with E-state index in [0.29, 0.717) is 0 Å². The highest BCUT2D eigenvalue weighted by Crippen LogP contribution is 2.21. The first kappa shape index (κ1) is 27.3. The molecule has 0 aliphatic carbocycles. The molecule has 0 fully saturated rings. The average molecular weight is 443 g/mol. The number of rotatable bonds is 19. The van der Waals surface area contributed by atoms with Gasteiger partial charge in [0.05, 0.1) is 0 Å². The molecule has 0 aromatic carbocycles. The molecule has 0 aromatic rings. The first-order valence-corrected chi connectivity index (χ1v) is 12.1. The van der Waals surface area contributed by atoms with E-state index in [2.05, 4.69) is 11.7 Å². The van der Waals surface area contributed by atoms with Crippen molar-refractivity contribution < 1.29 is 34.4 Å². The fraction of sp³-hybridized carbons (Fsp3) is 0.833. The zero-order valence-corrected chi connectivity index (χ0v) is 19.2. The number of hydrogen-bond acceptors (Lipinski definition) is 7. The lowest BCUT2D eigenvalue weighted by Crippen LogP contribution is -2.33. The zero-order chi connectivity index (χ0) is 22.9. The lowest BCUT2D eigenvalue weighted by Gasteiger charge is -2.17. The van der Waals surface area contributed by atoms with Crippen molar-refractivity contribution in [3.63, 3.8) is 0 Å². The summed E-state index contributed by atoms with van der Waals surface area (Å²) < 4.78 is 9.57. The van der Waals surface area contributed by atoms with Gasteiger partial charge in [0.25, 0.3) is 0 Å². The lowest BCUT2D eigenvalue weighted by molar-refractivity contribution is -0.154. The number of hydrogen-bond donors (Lipinski definition) is 3.